The van der Waals surface area contributed by atoms with Crippen LogP contribution in [0.4, 0.5) is 5.69 Å². The third-order valence-electron chi connectivity index (χ3n) is 4.65. The van der Waals surface area contributed by atoms with Gasteiger partial charge in [-0.15, -0.1) is 0 Å². The number of anilines is 1. The van der Waals surface area contributed by atoms with E-state index in [0.29, 0.717) is 5.69 Å². The fourth-order valence-electron chi connectivity index (χ4n) is 3.14. The van der Waals surface area contributed by atoms with E-state index in [0.717, 1.165) is 17.7 Å². The molecule has 2 amide bonds. The van der Waals surface area contributed by atoms with E-state index < -0.39 is 36.7 Å². The Morgan fingerprint density at radius 2 is 1.72 bits per heavy atom. The third-order valence-corrected chi connectivity index (χ3v) is 4.65. The number of ketones is 1. The number of carbonyl (C=O) groups excluding carboxylic acids is 4. The lowest BCUT2D eigenvalue weighted by molar-refractivity contribution is -0.147. The van der Waals surface area contributed by atoms with Gasteiger partial charge in [-0.1, -0.05) is 42.5 Å². The lowest BCUT2D eigenvalue weighted by Gasteiger charge is -2.16. The average Bonchev–Trinajstić information content (AvgIpc) is 2.97. The van der Waals surface area contributed by atoms with Crippen LogP contribution in [-0.4, -0.2) is 42.8 Å². The van der Waals surface area contributed by atoms with Crippen LogP contribution in [0.3, 0.4) is 0 Å². The van der Waals surface area contributed by atoms with Crippen LogP contribution in [0.15, 0.2) is 54.6 Å². The van der Waals surface area contributed by atoms with E-state index in [9.17, 15) is 19.2 Å². The highest BCUT2D eigenvalue weighted by Gasteiger charge is 2.36. The maximum atomic E-state index is 12.1. The minimum atomic E-state index is -0.776. The summed E-state index contributed by atoms with van der Waals surface area (Å²) in [7, 11) is 0. The summed E-state index contributed by atoms with van der Waals surface area (Å²) in [4.78, 5) is 49.1. The largest absolute Gasteiger partial charge is 0.454 e. The summed E-state index contributed by atoms with van der Waals surface area (Å²) >= 11 is 0. The Bertz CT molecular complexity index is 926. The van der Waals surface area contributed by atoms with E-state index in [1.165, 1.54) is 11.6 Å². The molecule has 1 heterocycles. The number of amides is 2. The van der Waals surface area contributed by atoms with Crippen molar-refractivity contribution in [3.05, 3.63) is 65.7 Å². The normalized spacial score (nSPS) is 13.8. The van der Waals surface area contributed by atoms with E-state index in [2.05, 4.69) is 5.32 Å². The zero-order chi connectivity index (χ0) is 20.8. The number of para-hydroxylation sites is 1. The summed E-state index contributed by atoms with van der Waals surface area (Å²) in [6.07, 6.45) is 1.58. The number of nitrogens with zero attached hydrogens (tertiary/aromatic N) is 1. The van der Waals surface area contributed by atoms with E-state index in [1.54, 1.807) is 18.2 Å². The van der Waals surface area contributed by atoms with Crippen LogP contribution in [0.1, 0.15) is 29.3 Å². The second kappa shape index (κ2) is 9.14. The van der Waals surface area contributed by atoms with Crippen molar-refractivity contribution in [2.45, 2.75) is 25.8 Å². The molecular weight excluding hydrogens is 372 g/mol. The van der Waals surface area contributed by atoms with E-state index >= 15 is 0 Å². The van der Waals surface area contributed by atoms with Gasteiger partial charge in [0, 0.05) is 6.04 Å². The van der Waals surface area contributed by atoms with Gasteiger partial charge in [0.05, 0.1) is 11.3 Å². The predicted molar refractivity (Wildman–Crippen MR) is 106 cm³/mol. The minimum absolute atomic E-state index is 0.0777. The molecule has 1 N–H and O–H groups in total. The second-order valence-electron chi connectivity index (χ2n) is 6.89. The first-order valence-corrected chi connectivity index (χ1v) is 9.40. The van der Waals surface area contributed by atoms with Crippen LogP contribution in [0, 0.1) is 0 Å². The van der Waals surface area contributed by atoms with Gasteiger partial charge in [-0.2, -0.15) is 0 Å². The number of benzene rings is 2. The number of fused-ring (bicyclic) bond motifs is 1. The smallest absolute Gasteiger partial charge is 0.326 e. The zero-order valence-corrected chi connectivity index (χ0v) is 16.1. The maximum Gasteiger partial charge on any atom is 0.326 e. The SMILES string of the molecule is C[C@H](CCc1ccccc1)NC(=O)COC(=O)CN1C(=O)C(=O)c2ccccc21. The van der Waals surface area contributed by atoms with Crippen molar-refractivity contribution >= 4 is 29.3 Å². The predicted octanol–water partition coefficient (Wildman–Crippen LogP) is 1.90. The lowest BCUT2D eigenvalue weighted by Crippen LogP contribution is -2.39. The van der Waals surface area contributed by atoms with Gasteiger partial charge in [-0.05, 0) is 37.5 Å². The number of carbonyl (C=O) groups is 4. The monoisotopic (exact) mass is 394 g/mol. The molecule has 1 aliphatic rings. The quantitative estimate of drug-likeness (QED) is 0.545. The molecule has 2 aromatic rings. The summed E-state index contributed by atoms with van der Waals surface area (Å²) < 4.78 is 4.97. The van der Waals surface area contributed by atoms with Crippen molar-refractivity contribution in [1.29, 1.82) is 0 Å². The van der Waals surface area contributed by atoms with Crippen LogP contribution in [-0.2, 0) is 25.5 Å². The van der Waals surface area contributed by atoms with E-state index in [4.69, 9.17) is 4.74 Å². The molecule has 0 unspecified atom stereocenters. The first-order chi connectivity index (χ1) is 14.0. The highest BCUT2D eigenvalue weighted by atomic mass is 16.5. The van der Waals surface area contributed by atoms with Gasteiger partial charge in [0.1, 0.15) is 6.54 Å². The Hall–Kier alpha value is -3.48. The number of hydrogen-bond donors (Lipinski definition) is 1. The summed E-state index contributed by atoms with van der Waals surface area (Å²) in [5, 5.41) is 2.78. The molecule has 0 aliphatic carbocycles. The molecule has 0 bridgehead atoms. The van der Waals surface area contributed by atoms with Gasteiger partial charge in [0.2, 0.25) is 0 Å². The number of esters is 1. The van der Waals surface area contributed by atoms with Crippen LogP contribution < -0.4 is 10.2 Å². The van der Waals surface area contributed by atoms with E-state index in [1.807, 2.05) is 37.3 Å². The van der Waals surface area contributed by atoms with Gasteiger partial charge in [-0.3, -0.25) is 24.1 Å². The Balaban J connectivity index is 1.43. The molecule has 1 aliphatic heterocycles. The zero-order valence-electron chi connectivity index (χ0n) is 16.1. The molecule has 7 nitrogen and oxygen atoms in total. The minimum Gasteiger partial charge on any atom is -0.454 e. The van der Waals surface area contributed by atoms with Crippen molar-refractivity contribution < 1.29 is 23.9 Å². The number of ether oxygens (including phenoxy) is 1. The first kappa shape index (κ1) is 20.3. The number of nitrogens with one attached hydrogen (secondary N) is 1. The van der Waals surface area contributed by atoms with Gasteiger partial charge in [-0.25, -0.2) is 0 Å². The fourth-order valence-corrected chi connectivity index (χ4v) is 3.14. The molecule has 0 saturated heterocycles. The van der Waals surface area contributed by atoms with Crippen LogP contribution in [0.25, 0.3) is 0 Å². The van der Waals surface area contributed by atoms with Crippen molar-refractivity contribution in [3.63, 3.8) is 0 Å². The summed E-state index contributed by atoms with van der Waals surface area (Å²) in [6, 6.07) is 16.3. The van der Waals surface area contributed by atoms with Gasteiger partial charge < -0.3 is 10.1 Å². The number of aryl methyl sites for hydroxylation is 1. The lowest BCUT2D eigenvalue weighted by atomic mass is 10.1. The van der Waals surface area contributed by atoms with Crippen molar-refractivity contribution in [2.75, 3.05) is 18.1 Å². The molecule has 7 heteroatoms. The van der Waals surface area contributed by atoms with Crippen molar-refractivity contribution in [1.82, 2.24) is 5.32 Å². The average molecular weight is 394 g/mol. The summed E-state index contributed by atoms with van der Waals surface area (Å²) in [6.45, 7) is 1.03. The molecule has 0 aromatic heterocycles. The van der Waals surface area contributed by atoms with Crippen LogP contribution in [0.2, 0.25) is 0 Å². The fraction of sp³-hybridized carbons (Fsp3) is 0.273. The highest BCUT2D eigenvalue weighted by Crippen LogP contribution is 2.28. The first-order valence-electron chi connectivity index (χ1n) is 9.40. The Morgan fingerprint density at radius 1 is 1.03 bits per heavy atom. The topological polar surface area (TPSA) is 92.8 Å². The Kier molecular flexibility index (Phi) is 6.39. The number of rotatable bonds is 8. The Morgan fingerprint density at radius 3 is 2.48 bits per heavy atom. The van der Waals surface area contributed by atoms with Crippen molar-refractivity contribution in [2.24, 2.45) is 0 Å². The Labute approximate surface area is 168 Å². The number of hydrogen-bond acceptors (Lipinski definition) is 5. The van der Waals surface area contributed by atoms with Gasteiger partial charge in [0.25, 0.3) is 17.6 Å². The van der Waals surface area contributed by atoms with Gasteiger partial charge >= 0.3 is 5.97 Å². The van der Waals surface area contributed by atoms with E-state index in [-0.39, 0.29) is 11.6 Å². The summed E-state index contributed by atoms with van der Waals surface area (Å²) in [5.74, 6) is -2.60. The highest BCUT2D eigenvalue weighted by molar-refractivity contribution is 6.52. The van der Waals surface area contributed by atoms with Crippen LogP contribution >= 0.6 is 0 Å². The molecule has 0 saturated carbocycles. The van der Waals surface area contributed by atoms with Crippen LogP contribution in [0.5, 0.6) is 0 Å². The molecular formula is C22H22N2O5. The molecule has 3 rings (SSSR count). The molecule has 29 heavy (non-hydrogen) atoms. The van der Waals surface area contributed by atoms with Gasteiger partial charge in [0.15, 0.2) is 6.61 Å². The molecule has 0 spiro atoms. The maximum absolute atomic E-state index is 12.1. The van der Waals surface area contributed by atoms with Crippen molar-refractivity contribution in [3.8, 4) is 0 Å². The molecule has 150 valence electrons. The molecule has 0 fully saturated rings. The molecule has 2 aromatic carbocycles. The molecule has 0 radical (unpaired) electrons. The third kappa shape index (κ3) is 5.07. The second-order valence-corrected chi connectivity index (χ2v) is 6.89. The standard InChI is InChI=1S/C22H22N2O5/c1-15(11-12-16-7-3-2-4-8-16)23-19(25)14-29-20(26)13-24-18-10-6-5-9-17(18)21(27)22(24)28/h2-10,15H,11-14H2,1H3,(H,23,25)/t15-/m1/s1. The molecule has 1 atom stereocenters. The summed E-state index contributed by atoms with van der Waals surface area (Å²) in [5.41, 5.74) is 1.82. The number of Topliss-reactive ketones (excluding diaryl/α,β-unsaturated/α-hetero) is 1.